The molecule has 3 nitrogen and oxygen atoms in total. The first-order chi connectivity index (χ1) is 10.5. The molecule has 1 aliphatic heterocycles. The number of amides is 1. The largest absolute Gasteiger partial charge is 0.322 e. The fourth-order valence-corrected chi connectivity index (χ4v) is 3.59. The predicted molar refractivity (Wildman–Crippen MR) is 86.2 cm³/mol. The van der Waals surface area contributed by atoms with E-state index in [9.17, 15) is 9.59 Å². The number of benzene rings is 1. The lowest BCUT2D eigenvalue weighted by atomic mass is 9.60. The first-order valence-electron chi connectivity index (χ1n) is 7.67. The van der Waals surface area contributed by atoms with Gasteiger partial charge in [0.05, 0.1) is 11.3 Å². The van der Waals surface area contributed by atoms with E-state index in [4.69, 9.17) is 0 Å². The van der Waals surface area contributed by atoms with Crippen molar-refractivity contribution < 1.29 is 9.59 Å². The summed E-state index contributed by atoms with van der Waals surface area (Å²) in [5.41, 5.74) is 2.41. The molecule has 0 saturated carbocycles. The second kappa shape index (κ2) is 5.24. The zero-order chi connectivity index (χ0) is 15.9. The number of carbonyl (C=O) groups is 2. The Labute approximate surface area is 131 Å². The summed E-state index contributed by atoms with van der Waals surface area (Å²) >= 11 is 0. The Bertz CT molecular complexity index is 687. The Morgan fingerprint density at radius 1 is 1.18 bits per heavy atom. The van der Waals surface area contributed by atoms with E-state index < -0.39 is 5.41 Å². The lowest BCUT2D eigenvalue weighted by Gasteiger charge is -2.44. The lowest BCUT2D eigenvalue weighted by Crippen LogP contribution is -2.50. The molecule has 0 aromatic heterocycles. The van der Waals surface area contributed by atoms with Crippen LogP contribution in [0.2, 0.25) is 0 Å². The third-order valence-corrected chi connectivity index (χ3v) is 5.12. The average molecular weight is 295 g/mol. The first-order valence-corrected chi connectivity index (χ1v) is 7.67. The van der Waals surface area contributed by atoms with Crippen LogP contribution in [0.25, 0.3) is 0 Å². The molecular weight excluding hydrogens is 274 g/mol. The fraction of sp³-hybridized carbons (Fsp3) is 0.368. The maximum atomic E-state index is 13.2. The molecule has 1 heterocycles. The van der Waals surface area contributed by atoms with Gasteiger partial charge in [0.25, 0.3) is 0 Å². The summed E-state index contributed by atoms with van der Waals surface area (Å²) in [5, 5.41) is 0. The van der Waals surface area contributed by atoms with Gasteiger partial charge in [0.1, 0.15) is 0 Å². The van der Waals surface area contributed by atoms with Crippen molar-refractivity contribution in [3.05, 3.63) is 59.3 Å². The van der Waals surface area contributed by atoms with E-state index in [0.717, 1.165) is 0 Å². The summed E-state index contributed by atoms with van der Waals surface area (Å²) in [6.07, 6.45) is 5.00. The van der Waals surface area contributed by atoms with Crippen LogP contribution >= 0.6 is 0 Å². The highest BCUT2D eigenvalue weighted by Crippen LogP contribution is 2.49. The van der Waals surface area contributed by atoms with E-state index in [1.54, 1.807) is 18.1 Å². The number of Topliss-reactive ketones (excluding diaryl/α,β-unsaturated/α-hetero) is 1. The molecule has 1 aliphatic carbocycles. The highest BCUT2D eigenvalue weighted by Gasteiger charge is 2.51. The van der Waals surface area contributed by atoms with Gasteiger partial charge in [-0.05, 0) is 26.7 Å². The molecular formula is C19H21NO2. The van der Waals surface area contributed by atoms with Gasteiger partial charge < -0.3 is 4.90 Å². The van der Waals surface area contributed by atoms with Gasteiger partial charge in [-0.15, -0.1) is 0 Å². The molecule has 0 saturated heterocycles. The van der Waals surface area contributed by atoms with E-state index in [-0.39, 0.29) is 17.6 Å². The summed E-state index contributed by atoms with van der Waals surface area (Å²) < 4.78 is 0. The average Bonchev–Trinajstić information content (AvgIpc) is 2.53. The van der Waals surface area contributed by atoms with Crippen LogP contribution in [0.4, 0.5) is 0 Å². The van der Waals surface area contributed by atoms with E-state index in [1.807, 2.05) is 36.4 Å². The second-order valence-electron chi connectivity index (χ2n) is 6.49. The van der Waals surface area contributed by atoms with Crippen molar-refractivity contribution in [2.75, 3.05) is 7.05 Å². The van der Waals surface area contributed by atoms with Crippen LogP contribution in [0.1, 0.15) is 37.0 Å². The Morgan fingerprint density at radius 3 is 2.55 bits per heavy atom. The number of hydrogen-bond acceptors (Lipinski definition) is 2. The highest BCUT2D eigenvalue weighted by atomic mass is 16.2. The zero-order valence-electron chi connectivity index (χ0n) is 13.3. The topological polar surface area (TPSA) is 37.4 Å². The molecule has 1 amide bonds. The molecule has 0 fully saturated rings. The summed E-state index contributed by atoms with van der Waals surface area (Å²) in [6.45, 7) is 4.14. The minimum atomic E-state index is -0.728. The second-order valence-corrected chi connectivity index (χ2v) is 6.49. The Balaban J connectivity index is 2.13. The number of rotatable bonds is 2. The standard InChI is InChI=1S/C19H21NO2/c1-13-11-16-18(22)20(3)10-9-19(16,12-14(13)2)17(21)15-7-5-4-6-8-15/h4-10,16H,11-12H2,1-3H3/t16-,19+/m1/s1. The quantitative estimate of drug-likeness (QED) is 0.617. The maximum Gasteiger partial charge on any atom is 0.231 e. The van der Waals surface area contributed by atoms with Crippen LogP contribution in [0, 0.1) is 11.3 Å². The van der Waals surface area contributed by atoms with Gasteiger partial charge in [0.15, 0.2) is 5.78 Å². The Kier molecular flexibility index (Phi) is 3.51. The lowest BCUT2D eigenvalue weighted by molar-refractivity contribution is -0.135. The molecule has 22 heavy (non-hydrogen) atoms. The molecule has 3 rings (SSSR count). The van der Waals surface area contributed by atoms with Gasteiger partial charge in [0.2, 0.25) is 5.91 Å². The third kappa shape index (κ3) is 2.12. The minimum Gasteiger partial charge on any atom is -0.322 e. The number of allylic oxidation sites excluding steroid dienone is 3. The molecule has 1 aromatic carbocycles. The molecule has 0 unspecified atom stereocenters. The van der Waals surface area contributed by atoms with Gasteiger partial charge in [0, 0.05) is 18.8 Å². The van der Waals surface area contributed by atoms with Crippen molar-refractivity contribution in [3.63, 3.8) is 0 Å². The van der Waals surface area contributed by atoms with Crippen molar-refractivity contribution in [2.45, 2.75) is 26.7 Å². The molecule has 0 spiro atoms. The zero-order valence-corrected chi connectivity index (χ0v) is 13.3. The normalized spacial score (nSPS) is 27.9. The molecule has 2 atom stereocenters. The van der Waals surface area contributed by atoms with Crippen LogP contribution in [-0.2, 0) is 4.79 Å². The van der Waals surface area contributed by atoms with Crippen LogP contribution in [0.5, 0.6) is 0 Å². The number of fused-ring (bicyclic) bond motifs is 1. The predicted octanol–water partition coefficient (Wildman–Crippen LogP) is 3.59. The maximum absolute atomic E-state index is 13.2. The van der Waals surface area contributed by atoms with Crippen molar-refractivity contribution in [1.82, 2.24) is 4.90 Å². The van der Waals surface area contributed by atoms with Crippen LogP contribution < -0.4 is 0 Å². The van der Waals surface area contributed by atoms with Crippen molar-refractivity contribution in [2.24, 2.45) is 11.3 Å². The molecule has 0 N–H and O–H groups in total. The molecule has 114 valence electrons. The number of ketones is 1. The van der Waals surface area contributed by atoms with Crippen LogP contribution in [-0.4, -0.2) is 23.6 Å². The van der Waals surface area contributed by atoms with Gasteiger partial charge in [-0.1, -0.05) is 47.6 Å². The van der Waals surface area contributed by atoms with Gasteiger partial charge in [-0.25, -0.2) is 0 Å². The SMILES string of the molecule is CC1=C(C)C[C@@]2(C(=O)c3ccccc3)C=CN(C)C(=O)[C@H]2C1. The number of hydrogen-bond donors (Lipinski definition) is 0. The summed E-state index contributed by atoms with van der Waals surface area (Å²) in [4.78, 5) is 27.5. The fourth-order valence-electron chi connectivity index (χ4n) is 3.59. The van der Waals surface area contributed by atoms with Crippen LogP contribution in [0.3, 0.4) is 0 Å². The van der Waals surface area contributed by atoms with Crippen LogP contribution in [0.15, 0.2) is 53.8 Å². The Morgan fingerprint density at radius 2 is 1.86 bits per heavy atom. The molecule has 1 aromatic rings. The van der Waals surface area contributed by atoms with Crippen molar-refractivity contribution >= 4 is 11.7 Å². The van der Waals surface area contributed by atoms with E-state index in [0.29, 0.717) is 18.4 Å². The number of nitrogens with zero attached hydrogens (tertiary/aromatic N) is 1. The molecule has 2 aliphatic rings. The number of carbonyl (C=O) groups excluding carboxylic acids is 2. The summed E-state index contributed by atoms with van der Waals surface area (Å²) in [6, 6.07) is 9.32. The first kappa shape index (κ1) is 14.8. The molecule has 3 heteroatoms. The van der Waals surface area contributed by atoms with Crippen molar-refractivity contribution in [1.29, 1.82) is 0 Å². The summed E-state index contributed by atoms with van der Waals surface area (Å²) in [5.74, 6) is -0.194. The van der Waals surface area contributed by atoms with E-state index >= 15 is 0 Å². The van der Waals surface area contributed by atoms with Gasteiger partial charge in [-0.2, -0.15) is 0 Å². The highest BCUT2D eigenvalue weighted by molar-refractivity contribution is 6.05. The minimum absolute atomic E-state index is 0.0404. The molecule has 0 bridgehead atoms. The van der Waals surface area contributed by atoms with Gasteiger partial charge >= 0.3 is 0 Å². The molecule has 0 radical (unpaired) electrons. The van der Waals surface area contributed by atoms with Crippen molar-refractivity contribution in [3.8, 4) is 0 Å². The third-order valence-electron chi connectivity index (χ3n) is 5.12. The monoisotopic (exact) mass is 295 g/mol. The summed E-state index contributed by atoms with van der Waals surface area (Å²) in [7, 11) is 1.76. The van der Waals surface area contributed by atoms with Gasteiger partial charge in [-0.3, -0.25) is 9.59 Å². The Hall–Kier alpha value is -2.16. The van der Waals surface area contributed by atoms with E-state index in [1.165, 1.54) is 11.1 Å². The smallest absolute Gasteiger partial charge is 0.231 e. The van der Waals surface area contributed by atoms with E-state index in [2.05, 4.69) is 13.8 Å².